The maximum absolute atomic E-state index is 13.4. The normalized spacial score (nSPS) is 19.6. The Morgan fingerprint density at radius 1 is 1.00 bits per heavy atom. The van der Waals surface area contributed by atoms with Crippen LogP contribution in [0.15, 0.2) is 66.7 Å². The number of alkyl halides is 3. The van der Waals surface area contributed by atoms with E-state index in [1.807, 2.05) is 0 Å². The zero-order valence-electron chi connectivity index (χ0n) is 17.1. The van der Waals surface area contributed by atoms with Crippen LogP contribution in [0, 0.1) is 28.4 Å². The molecule has 0 bridgehead atoms. The van der Waals surface area contributed by atoms with Gasteiger partial charge in [0.25, 0.3) is 0 Å². The van der Waals surface area contributed by atoms with E-state index in [0.29, 0.717) is 12.0 Å². The molecule has 3 aromatic rings. The number of carbonyl (C=O) groups is 1. The van der Waals surface area contributed by atoms with Gasteiger partial charge < -0.3 is 5.32 Å². The van der Waals surface area contributed by atoms with Gasteiger partial charge in [-0.1, -0.05) is 24.3 Å². The third-order valence-electron chi connectivity index (χ3n) is 5.94. The van der Waals surface area contributed by atoms with Crippen molar-refractivity contribution < 1.29 is 26.7 Å². The summed E-state index contributed by atoms with van der Waals surface area (Å²) in [5, 5.41) is 11.5. The lowest BCUT2D eigenvalue weighted by Gasteiger charge is -2.19. The van der Waals surface area contributed by atoms with E-state index in [1.165, 1.54) is 36.4 Å². The van der Waals surface area contributed by atoms with Gasteiger partial charge in [-0.3, -0.25) is 4.79 Å². The van der Waals surface area contributed by atoms with Gasteiger partial charge in [0.2, 0.25) is 5.91 Å². The van der Waals surface area contributed by atoms with Crippen molar-refractivity contribution in [2.24, 2.45) is 5.41 Å². The van der Waals surface area contributed by atoms with Crippen molar-refractivity contribution in [1.82, 2.24) is 0 Å². The molecule has 0 heterocycles. The average molecular weight is 456 g/mol. The lowest BCUT2D eigenvalue weighted by atomic mass is 9.90. The second kappa shape index (κ2) is 8.32. The van der Waals surface area contributed by atoms with Crippen LogP contribution in [0.2, 0.25) is 0 Å². The third kappa shape index (κ3) is 4.58. The number of halogens is 5. The highest BCUT2D eigenvalue weighted by molar-refractivity contribution is 5.99. The van der Waals surface area contributed by atoms with Crippen LogP contribution >= 0.6 is 0 Å². The first-order valence-electron chi connectivity index (χ1n) is 10.0. The van der Waals surface area contributed by atoms with Gasteiger partial charge in [0.15, 0.2) is 0 Å². The van der Waals surface area contributed by atoms with Gasteiger partial charge in [-0.05, 0) is 72.4 Å². The number of hydrogen-bond acceptors (Lipinski definition) is 2. The Labute approximate surface area is 186 Å². The van der Waals surface area contributed by atoms with E-state index in [-0.39, 0.29) is 18.0 Å². The molecule has 33 heavy (non-hydrogen) atoms. The number of nitriles is 1. The SMILES string of the molecule is N#Cc1ccc(NC(=O)C2(Cc3ccc(F)cc3)CC2c2ccc(F)cc2)cc1C(F)(F)F. The summed E-state index contributed by atoms with van der Waals surface area (Å²) in [5.74, 6) is -1.65. The molecule has 4 rings (SSSR count). The first-order valence-corrected chi connectivity index (χ1v) is 10.0. The van der Waals surface area contributed by atoms with Crippen molar-refractivity contribution >= 4 is 11.6 Å². The van der Waals surface area contributed by atoms with E-state index in [2.05, 4.69) is 5.32 Å². The molecule has 8 heteroatoms. The Kier molecular flexibility index (Phi) is 5.66. The molecule has 2 atom stereocenters. The van der Waals surface area contributed by atoms with E-state index < -0.39 is 40.3 Å². The summed E-state index contributed by atoms with van der Waals surface area (Å²) in [6, 6.07) is 15.8. The molecule has 1 fully saturated rings. The van der Waals surface area contributed by atoms with Crippen LogP contribution in [-0.2, 0) is 17.4 Å². The predicted octanol–water partition coefficient (Wildman–Crippen LogP) is 6.21. The zero-order chi connectivity index (χ0) is 23.8. The minimum Gasteiger partial charge on any atom is -0.326 e. The maximum atomic E-state index is 13.4. The number of rotatable bonds is 5. The molecule has 1 amide bonds. The van der Waals surface area contributed by atoms with Crippen LogP contribution in [0.25, 0.3) is 0 Å². The quantitative estimate of drug-likeness (QED) is 0.464. The fourth-order valence-electron chi connectivity index (χ4n) is 4.14. The molecule has 1 aliphatic rings. The molecule has 2 unspecified atom stereocenters. The van der Waals surface area contributed by atoms with E-state index in [9.17, 15) is 26.7 Å². The lowest BCUT2D eigenvalue weighted by molar-refractivity contribution is -0.137. The van der Waals surface area contributed by atoms with Crippen LogP contribution in [0.4, 0.5) is 27.6 Å². The predicted molar refractivity (Wildman–Crippen MR) is 111 cm³/mol. The fraction of sp³-hybridized carbons (Fsp3) is 0.200. The van der Waals surface area contributed by atoms with Gasteiger partial charge in [-0.25, -0.2) is 8.78 Å². The molecule has 0 radical (unpaired) electrons. The molecule has 0 aliphatic heterocycles. The second-order valence-electron chi connectivity index (χ2n) is 8.09. The molecule has 3 nitrogen and oxygen atoms in total. The number of hydrogen-bond donors (Lipinski definition) is 1. The monoisotopic (exact) mass is 456 g/mol. The third-order valence-corrected chi connectivity index (χ3v) is 5.94. The number of nitrogens with zero attached hydrogens (tertiary/aromatic N) is 1. The van der Waals surface area contributed by atoms with Crippen molar-refractivity contribution in [3.63, 3.8) is 0 Å². The van der Waals surface area contributed by atoms with Crippen molar-refractivity contribution in [1.29, 1.82) is 5.26 Å². The van der Waals surface area contributed by atoms with Crippen LogP contribution < -0.4 is 5.32 Å². The molecule has 1 aliphatic carbocycles. The number of carbonyl (C=O) groups excluding carboxylic acids is 1. The number of nitrogens with one attached hydrogen (secondary N) is 1. The molecule has 168 valence electrons. The van der Waals surface area contributed by atoms with Gasteiger partial charge >= 0.3 is 6.18 Å². The Balaban J connectivity index is 1.65. The topological polar surface area (TPSA) is 52.9 Å². The molecule has 0 aromatic heterocycles. The Hall–Kier alpha value is -3.73. The standard InChI is InChI=1S/C25H17F5N2O/c26-18-6-1-15(2-7-18)12-24(13-22(24)16-3-8-19(27)9-4-16)23(33)32-20-10-5-17(14-31)21(11-20)25(28,29)30/h1-11,22H,12-13H2,(H,32,33). The van der Waals surface area contributed by atoms with Gasteiger partial charge in [-0.2, -0.15) is 18.4 Å². The lowest BCUT2D eigenvalue weighted by Crippen LogP contribution is -2.28. The van der Waals surface area contributed by atoms with Gasteiger partial charge in [0.05, 0.1) is 22.6 Å². The summed E-state index contributed by atoms with van der Waals surface area (Å²) in [6.07, 6.45) is -4.14. The Morgan fingerprint density at radius 2 is 1.61 bits per heavy atom. The summed E-state index contributed by atoms with van der Waals surface area (Å²) in [4.78, 5) is 13.3. The first-order chi connectivity index (χ1) is 15.6. The molecule has 3 aromatic carbocycles. The maximum Gasteiger partial charge on any atom is 0.417 e. The number of benzene rings is 3. The zero-order valence-corrected chi connectivity index (χ0v) is 17.1. The Bertz CT molecular complexity index is 1230. The molecule has 1 N–H and O–H groups in total. The van der Waals surface area contributed by atoms with Crippen molar-refractivity contribution in [3.05, 3.63) is 101 Å². The molecule has 1 saturated carbocycles. The number of anilines is 1. The number of amides is 1. The highest BCUT2D eigenvalue weighted by Crippen LogP contribution is 2.61. The molecular weight excluding hydrogens is 439 g/mol. The highest BCUT2D eigenvalue weighted by Gasteiger charge is 2.60. The smallest absolute Gasteiger partial charge is 0.326 e. The summed E-state index contributed by atoms with van der Waals surface area (Å²) in [6.45, 7) is 0. The molecule has 0 saturated heterocycles. The van der Waals surface area contributed by atoms with Gasteiger partial charge in [0.1, 0.15) is 11.6 Å². The van der Waals surface area contributed by atoms with Gasteiger partial charge in [0, 0.05) is 5.69 Å². The summed E-state index contributed by atoms with van der Waals surface area (Å²) in [5.41, 5.74) is -1.36. The highest BCUT2D eigenvalue weighted by atomic mass is 19.4. The largest absolute Gasteiger partial charge is 0.417 e. The Morgan fingerprint density at radius 3 is 2.18 bits per heavy atom. The average Bonchev–Trinajstić information content (AvgIpc) is 3.50. The minimum atomic E-state index is -4.76. The van der Waals surface area contributed by atoms with E-state index in [1.54, 1.807) is 24.3 Å². The van der Waals surface area contributed by atoms with E-state index in [4.69, 9.17) is 5.26 Å². The summed E-state index contributed by atoms with van der Waals surface area (Å²) >= 11 is 0. The first kappa shape index (κ1) is 22.5. The van der Waals surface area contributed by atoms with E-state index in [0.717, 1.165) is 17.7 Å². The van der Waals surface area contributed by atoms with Crippen LogP contribution in [-0.4, -0.2) is 5.91 Å². The van der Waals surface area contributed by atoms with E-state index >= 15 is 0 Å². The summed E-state index contributed by atoms with van der Waals surface area (Å²) in [7, 11) is 0. The van der Waals surface area contributed by atoms with Crippen LogP contribution in [0.1, 0.15) is 34.6 Å². The van der Waals surface area contributed by atoms with Crippen molar-refractivity contribution in [2.45, 2.75) is 24.9 Å². The van der Waals surface area contributed by atoms with Crippen molar-refractivity contribution in [3.8, 4) is 6.07 Å². The fourth-order valence-corrected chi connectivity index (χ4v) is 4.14. The molecular formula is C25H17F5N2O. The summed E-state index contributed by atoms with van der Waals surface area (Å²) < 4.78 is 66.6. The van der Waals surface area contributed by atoms with Crippen molar-refractivity contribution in [2.75, 3.05) is 5.32 Å². The second-order valence-corrected chi connectivity index (χ2v) is 8.09. The van der Waals surface area contributed by atoms with Gasteiger partial charge in [-0.15, -0.1) is 0 Å². The molecule has 0 spiro atoms. The minimum absolute atomic E-state index is 0.0884. The van der Waals surface area contributed by atoms with Crippen LogP contribution in [0.5, 0.6) is 0 Å². The van der Waals surface area contributed by atoms with Crippen LogP contribution in [0.3, 0.4) is 0 Å².